The van der Waals surface area contributed by atoms with E-state index in [4.69, 9.17) is 14.2 Å². The van der Waals surface area contributed by atoms with E-state index in [1.165, 1.54) is 13.2 Å². The minimum Gasteiger partial charge on any atom is -0.506 e. The fourth-order valence-corrected chi connectivity index (χ4v) is 4.86. The van der Waals surface area contributed by atoms with Gasteiger partial charge in [0.1, 0.15) is 28.8 Å². The van der Waals surface area contributed by atoms with Gasteiger partial charge >= 0.3 is 5.97 Å². The summed E-state index contributed by atoms with van der Waals surface area (Å²) in [6, 6.07) is 9.71. The summed E-state index contributed by atoms with van der Waals surface area (Å²) in [5.41, 5.74) is 0.856. The lowest BCUT2D eigenvalue weighted by molar-refractivity contribution is -0.138. The molecule has 0 saturated carbocycles. The zero-order valence-electron chi connectivity index (χ0n) is 20.0. The minimum absolute atomic E-state index is 0.00401. The number of ether oxygens (including phenoxy) is 3. The first kappa shape index (κ1) is 27.5. The fourth-order valence-electron chi connectivity index (χ4n) is 3.25. The number of methoxy groups -OCH3 is 1. The third-order valence-corrected chi connectivity index (χ3v) is 6.55. The van der Waals surface area contributed by atoms with Crippen LogP contribution in [0.1, 0.15) is 37.8 Å². The summed E-state index contributed by atoms with van der Waals surface area (Å²) in [4.78, 5) is 28.9. The van der Waals surface area contributed by atoms with Crippen molar-refractivity contribution in [2.75, 3.05) is 13.7 Å². The Morgan fingerprint density at radius 2 is 1.97 bits per heavy atom. The number of nitrogens with zero attached hydrogens (tertiary/aromatic N) is 1. The first-order chi connectivity index (χ1) is 17.3. The van der Waals surface area contributed by atoms with E-state index in [0.29, 0.717) is 38.4 Å². The number of aliphatic hydroxyl groups excluding tert-OH is 1. The molecule has 3 rings (SSSR count). The standard InChI is InChI=1S/C26H25BrFNO6S/c1-4-8-21(30)29-25-22(26(32)34-5-2)23(31)20(36-25)13-15-11-17(27)24(19(12-15)33-3)35-14-16-9-6-7-10-18(16)28/h6-7,9-13,31H,4-5,8,14H2,1-3H3/b20-13-,29-25?. The fraction of sp³-hybridized carbons (Fsp3) is 0.269. The highest BCUT2D eigenvalue weighted by Crippen LogP contribution is 2.42. The van der Waals surface area contributed by atoms with Crippen LogP contribution < -0.4 is 9.47 Å². The monoisotopic (exact) mass is 577 g/mol. The zero-order chi connectivity index (χ0) is 26.2. The molecule has 0 unspecified atom stereocenters. The first-order valence-electron chi connectivity index (χ1n) is 11.1. The van der Waals surface area contributed by atoms with Crippen LogP contribution in [0.2, 0.25) is 0 Å². The van der Waals surface area contributed by atoms with Crippen molar-refractivity contribution in [3.63, 3.8) is 0 Å². The molecule has 0 aliphatic carbocycles. The molecule has 36 heavy (non-hydrogen) atoms. The smallest absolute Gasteiger partial charge is 0.344 e. The highest BCUT2D eigenvalue weighted by molar-refractivity contribution is 9.10. The number of carbonyl (C=O) groups excluding carboxylic acids is 2. The van der Waals surface area contributed by atoms with Crippen LogP contribution in [0, 0.1) is 5.82 Å². The van der Waals surface area contributed by atoms with Gasteiger partial charge in [0.25, 0.3) is 0 Å². The Morgan fingerprint density at radius 1 is 1.22 bits per heavy atom. The predicted octanol–water partition coefficient (Wildman–Crippen LogP) is 6.36. The van der Waals surface area contributed by atoms with Gasteiger partial charge in [0.2, 0.25) is 5.91 Å². The van der Waals surface area contributed by atoms with Gasteiger partial charge in [-0.15, -0.1) is 0 Å². The van der Waals surface area contributed by atoms with E-state index in [2.05, 4.69) is 20.9 Å². The van der Waals surface area contributed by atoms with Gasteiger partial charge in [0, 0.05) is 12.0 Å². The molecule has 1 heterocycles. The van der Waals surface area contributed by atoms with Crippen LogP contribution in [0.15, 0.2) is 62.1 Å². The molecule has 0 fully saturated rings. The number of thioether (sulfide) groups is 1. The lowest BCUT2D eigenvalue weighted by Crippen LogP contribution is -2.14. The number of rotatable bonds is 9. The van der Waals surface area contributed by atoms with Crippen molar-refractivity contribution in [2.45, 2.75) is 33.3 Å². The summed E-state index contributed by atoms with van der Waals surface area (Å²) in [5, 5.41) is 10.9. The van der Waals surface area contributed by atoms with E-state index >= 15 is 0 Å². The Hall–Kier alpha value is -3.11. The minimum atomic E-state index is -0.760. The van der Waals surface area contributed by atoms with Crippen LogP contribution in [0.25, 0.3) is 6.08 Å². The molecule has 1 aliphatic rings. The van der Waals surface area contributed by atoms with Crippen molar-refractivity contribution in [3.05, 3.63) is 74.1 Å². The molecule has 7 nitrogen and oxygen atoms in total. The number of benzene rings is 2. The summed E-state index contributed by atoms with van der Waals surface area (Å²) in [7, 11) is 1.47. The summed E-state index contributed by atoms with van der Waals surface area (Å²) in [5.74, 6) is -1.10. The van der Waals surface area contributed by atoms with Gasteiger partial charge in [-0.2, -0.15) is 0 Å². The normalized spacial score (nSPS) is 15.5. The largest absolute Gasteiger partial charge is 0.506 e. The summed E-state index contributed by atoms with van der Waals surface area (Å²) in [6.07, 6.45) is 2.45. The highest BCUT2D eigenvalue weighted by atomic mass is 79.9. The maximum atomic E-state index is 14.0. The Labute approximate surface area is 221 Å². The molecule has 0 radical (unpaired) electrons. The second-order valence-electron chi connectivity index (χ2n) is 7.53. The van der Waals surface area contributed by atoms with Crippen molar-refractivity contribution in [1.82, 2.24) is 0 Å². The number of amides is 1. The number of hydrogen-bond donors (Lipinski definition) is 1. The van der Waals surface area contributed by atoms with Crippen molar-refractivity contribution < 1.29 is 33.3 Å². The molecular formula is C26H25BrFNO6S. The predicted molar refractivity (Wildman–Crippen MR) is 141 cm³/mol. The summed E-state index contributed by atoms with van der Waals surface area (Å²) >= 11 is 4.46. The van der Waals surface area contributed by atoms with Crippen LogP contribution >= 0.6 is 27.7 Å². The van der Waals surface area contributed by atoms with Crippen molar-refractivity contribution >= 4 is 50.7 Å². The van der Waals surface area contributed by atoms with Crippen LogP contribution in [0.5, 0.6) is 11.5 Å². The average Bonchev–Trinajstić information content (AvgIpc) is 3.13. The quantitative estimate of drug-likeness (QED) is 0.346. The number of halogens is 2. The van der Waals surface area contributed by atoms with Gasteiger partial charge < -0.3 is 19.3 Å². The molecule has 0 spiro atoms. The second-order valence-corrected chi connectivity index (χ2v) is 9.41. The lowest BCUT2D eigenvalue weighted by Gasteiger charge is -2.14. The number of aliphatic hydroxyl groups is 1. The Balaban J connectivity index is 1.94. The van der Waals surface area contributed by atoms with Gasteiger partial charge in [-0.05, 0) is 59.1 Å². The third kappa shape index (κ3) is 6.55. The lowest BCUT2D eigenvalue weighted by atomic mass is 10.1. The first-order valence-corrected chi connectivity index (χ1v) is 12.8. The SMILES string of the molecule is CCCC(=O)N=C1S/C(=C\c2cc(Br)c(OCc3ccccc3F)c(OC)c2)C(O)=C1C(=O)OCC. The van der Waals surface area contributed by atoms with E-state index in [-0.39, 0.29) is 41.8 Å². The zero-order valence-corrected chi connectivity index (χ0v) is 22.4. The molecule has 0 bridgehead atoms. The average molecular weight is 578 g/mol. The number of hydrogen-bond acceptors (Lipinski definition) is 7. The molecule has 10 heteroatoms. The van der Waals surface area contributed by atoms with E-state index < -0.39 is 11.9 Å². The Morgan fingerprint density at radius 3 is 2.64 bits per heavy atom. The van der Waals surface area contributed by atoms with Crippen LogP contribution in [0.4, 0.5) is 4.39 Å². The molecule has 1 amide bonds. The number of aliphatic imine (C=N–C) groups is 1. The third-order valence-electron chi connectivity index (χ3n) is 4.94. The van der Waals surface area contributed by atoms with Crippen LogP contribution in [-0.2, 0) is 20.9 Å². The van der Waals surface area contributed by atoms with Crippen molar-refractivity contribution in [3.8, 4) is 11.5 Å². The Bertz CT molecular complexity index is 1260. The molecular weight excluding hydrogens is 553 g/mol. The maximum absolute atomic E-state index is 14.0. The van der Waals surface area contributed by atoms with Gasteiger partial charge in [-0.3, -0.25) is 4.79 Å². The topological polar surface area (TPSA) is 94.4 Å². The van der Waals surface area contributed by atoms with Gasteiger partial charge in [-0.1, -0.05) is 36.9 Å². The van der Waals surface area contributed by atoms with Gasteiger partial charge in [0.15, 0.2) is 11.5 Å². The second kappa shape index (κ2) is 12.7. The van der Waals surface area contributed by atoms with E-state index in [0.717, 1.165) is 11.8 Å². The van der Waals surface area contributed by atoms with E-state index in [9.17, 15) is 19.1 Å². The highest BCUT2D eigenvalue weighted by Gasteiger charge is 2.33. The van der Waals surface area contributed by atoms with Crippen molar-refractivity contribution in [2.24, 2.45) is 4.99 Å². The van der Waals surface area contributed by atoms with Gasteiger partial charge in [0.05, 0.1) is 23.1 Å². The number of carbonyl (C=O) groups is 2. The number of esters is 1. The molecule has 1 aliphatic heterocycles. The Kier molecular flexibility index (Phi) is 9.72. The van der Waals surface area contributed by atoms with E-state index in [1.807, 2.05) is 6.92 Å². The van der Waals surface area contributed by atoms with Gasteiger partial charge in [-0.25, -0.2) is 14.2 Å². The molecule has 0 saturated heterocycles. The van der Waals surface area contributed by atoms with Crippen molar-refractivity contribution in [1.29, 1.82) is 0 Å². The van der Waals surface area contributed by atoms with Crippen LogP contribution in [-0.4, -0.2) is 35.7 Å². The van der Waals surface area contributed by atoms with Crippen LogP contribution in [0.3, 0.4) is 0 Å². The molecule has 0 atom stereocenters. The molecule has 0 aromatic heterocycles. The van der Waals surface area contributed by atoms with E-state index in [1.54, 1.807) is 43.3 Å². The molecule has 2 aromatic carbocycles. The maximum Gasteiger partial charge on any atom is 0.344 e. The molecule has 1 N–H and O–H groups in total. The molecule has 190 valence electrons. The summed E-state index contributed by atoms with van der Waals surface area (Å²) < 4.78 is 30.8. The molecule has 2 aromatic rings. The summed E-state index contributed by atoms with van der Waals surface area (Å²) in [6.45, 7) is 3.59.